The van der Waals surface area contributed by atoms with E-state index < -0.39 is 6.03 Å². The van der Waals surface area contributed by atoms with Gasteiger partial charge in [0.2, 0.25) is 0 Å². The van der Waals surface area contributed by atoms with Crippen molar-refractivity contribution in [2.75, 3.05) is 6.54 Å². The zero-order valence-corrected chi connectivity index (χ0v) is 8.44. The highest BCUT2D eigenvalue weighted by molar-refractivity contribution is 5.71. The minimum atomic E-state index is -0.513. The van der Waals surface area contributed by atoms with Crippen molar-refractivity contribution in [2.24, 2.45) is 5.73 Å². The van der Waals surface area contributed by atoms with Gasteiger partial charge in [0.15, 0.2) is 0 Å². The van der Waals surface area contributed by atoms with Crippen molar-refractivity contribution in [1.82, 2.24) is 20.4 Å². The van der Waals surface area contributed by atoms with Crippen LogP contribution < -0.4 is 11.2 Å². The summed E-state index contributed by atoms with van der Waals surface area (Å²) in [6.07, 6.45) is 6.66. The molecule has 0 saturated carbocycles. The van der Waals surface area contributed by atoms with Gasteiger partial charge in [0.05, 0.1) is 18.1 Å². The molecule has 6 nitrogen and oxygen atoms in total. The number of nitrogens with one attached hydrogen (secondary N) is 2. The molecule has 2 amide bonds. The molecule has 0 aromatic carbocycles. The summed E-state index contributed by atoms with van der Waals surface area (Å²) in [4.78, 5) is 17.9. The van der Waals surface area contributed by atoms with Crippen molar-refractivity contribution in [2.45, 2.75) is 25.3 Å². The molecular weight excluding hydrogens is 194 g/mol. The fraction of sp³-hybridized carbons (Fsp3) is 0.556. The van der Waals surface area contributed by atoms with Crippen LogP contribution >= 0.6 is 0 Å². The number of primary amides is 1. The number of hydrazine groups is 1. The van der Waals surface area contributed by atoms with Gasteiger partial charge in [-0.1, -0.05) is 6.42 Å². The van der Waals surface area contributed by atoms with E-state index in [1.54, 1.807) is 12.5 Å². The Morgan fingerprint density at radius 2 is 2.53 bits per heavy atom. The molecule has 0 radical (unpaired) electrons. The van der Waals surface area contributed by atoms with E-state index >= 15 is 0 Å². The molecule has 1 aromatic heterocycles. The summed E-state index contributed by atoms with van der Waals surface area (Å²) >= 11 is 0. The fourth-order valence-corrected chi connectivity index (χ4v) is 1.98. The van der Waals surface area contributed by atoms with E-state index in [0.717, 1.165) is 31.5 Å². The van der Waals surface area contributed by atoms with Crippen molar-refractivity contribution >= 4 is 6.03 Å². The molecule has 0 spiro atoms. The van der Waals surface area contributed by atoms with Gasteiger partial charge in [-0.15, -0.1) is 0 Å². The molecule has 1 aliphatic rings. The lowest BCUT2D eigenvalue weighted by Gasteiger charge is -2.34. The zero-order valence-electron chi connectivity index (χ0n) is 8.44. The lowest BCUT2D eigenvalue weighted by atomic mass is 10.0. The molecule has 2 heterocycles. The average Bonchev–Trinajstić information content (AvgIpc) is 2.70. The highest BCUT2D eigenvalue weighted by Gasteiger charge is 2.25. The fourth-order valence-electron chi connectivity index (χ4n) is 1.98. The van der Waals surface area contributed by atoms with Crippen LogP contribution in [0.1, 0.15) is 31.0 Å². The third-order valence-electron chi connectivity index (χ3n) is 2.63. The van der Waals surface area contributed by atoms with Crippen molar-refractivity contribution < 1.29 is 4.79 Å². The van der Waals surface area contributed by atoms with Crippen molar-refractivity contribution in [3.63, 3.8) is 0 Å². The Morgan fingerprint density at radius 1 is 1.67 bits per heavy atom. The van der Waals surface area contributed by atoms with Crippen LogP contribution in [-0.2, 0) is 0 Å². The second kappa shape index (κ2) is 4.31. The summed E-state index contributed by atoms with van der Waals surface area (Å²) in [6.45, 7) is 0.826. The number of imidazole rings is 1. The maximum absolute atomic E-state index is 10.8. The minimum Gasteiger partial charge on any atom is -0.351 e. The average molecular weight is 209 g/mol. The summed E-state index contributed by atoms with van der Waals surface area (Å²) in [5.41, 5.74) is 8.78. The van der Waals surface area contributed by atoms with Gasteiger partial charge in [-0.05, 0) is 12.8 Å². The highest BCUT2D eigenvalue weighted by atomic mass is 16.2. The Labute approximate surface area is 87.8 Å². The molecule has 82 valence electrons. The molecule has 1 fully saturated rings. The SMILES string of the molecule is NC(=O)NN1CCCCC1c1cnc[nH]1. The standard InChI is InChI=1S/C9H15N5O/c10-9(15)13-14-4-2-1-3-8(14)7-5-11-6-12-7/h5-6,8H,1-4H2,(H,11,12)(H3,10,13,15). The normalized spacial score (nSPS) is 22.5. The molecule has 6 heteroatoms. The predicted octanol–water partition coefficient (Wildman–Crippen LogP) is 0.520. The molecule has 1 unspecified atom stereocenters. The number of piperidine rings is 1. The second-order valence-corrected chi connectivity index (χ2v) is 3.69. The van der Waals surface area contributed by atoms with Crippen LogP contribution in [0.2, 0.25) is 0 Å². The Hall–Kier alpha value is -1.56. The lowest BCUT2D eigenvalue weighted by molar-refractivity contribution is 0.0976. The van der Waals surface area contributed by atoms with Crippen LogP contribution in [0.15, 0.2) is 12.5 Å². The number of carbonyl (C=O) groups excluding carboxylic acids is 1. The molecule has 1 saturated heterocycles. The molecule has 4 N–H and O–H groups in total. The van der Waals surface area contributed by atoms with E-state index in [9.17, 15) is 4.79 Å². The van der Waals surface area contributed by atoms with Gasteiger partial charge in [0.25, 0.3) is 0 Å². The van der Waals surface area contributed by atoms with E-state index in [4.69, 9.17) is 5.73 Å². The number of nitrogens with zero attached hydrogens (tertiary/aromatic N) is 2. The summed E-state index contributed by atoms with van der Waals surface area (Å²) in [6, 6.07) is -0.352. The van der Waals surface area contributed by atoms with Crippen molar-refractivity contribution in [3.05, 3.63) is 18.2 Å². The van der Waals surface area contributed by atoms with E-state index in [0.29, 0.717) is 0 Å². The molecule has 1 aliphatic heterocycles. The van der Waals surface area contributed by atoms with E-state index in [-0.39, 0.29) is 6.04 Å². The van der Waals surface area contributed by atoms with Crippen LogP contribution in [0.5, 0.6) is 0 Å². The number of aromatic nitrogens is 2. The molecule has 15 heavy (non-hydrogen) atoms. The molecule has 0 aliphatic carbocycles. The first kappa shape index (κ1) is 9.97. The van der Waals surface area contributed by atoms with Gasteiger partial charge in [-0.25, -0.2) is 14.8 Å². The summed E-state index contributed by atoms with van der Waals surface area (Å²) in [5, 5.41) is 1.87. The van der Waals surface area contributed by atoms with Gasteiger partial charge < -0.3 is 10.7 Å². The van der Waals surface area contributed by atoms with E-state index in [2.05, 4.69) is 15.4 Å². The highest BCUT2D eigenvalue weighted by Crippen LogP contribution is 2.27. The smallest absolute Gasteiger partial charge is 0.326 e. The van der Waals surface area contributed by atoms with Crippen LogP contribution in [-0.4, -0.2) is 27.6 Å². The molecule has 1 aromatic rings. The first-order valence-corrected chi connectivity index (χ1v) is 5.08. The number of hydrogen-bond acceptors (Lipinski definition) is 3. The van der Waals surface area contributed by atoms with Gasteiger partial charge in [-0.2, -0.15) is 0 Å². The van der Waals surface area contributed by atoms with Crippen LogP contribution in [0.25, 0.3) is 0 Å². The first-order chi connectivity index (χ1) is 7.27. The molecule has 2 rings (SSSR count). The number of H-pyrrole nitrogens is 1. The Bertz CT molecular complexity index is 323. The third kappa shape index (κ3) is 2.27. The van der Waals surface area contributed by atoms with E-state index in [1.165, 1.54) is 0 Å². The van der Waals surface area contributed by atoms with Crippen LogP contribution in [0.3, 0.4) is 0 Å². The monoisotopic (exact) mass is 209 g/mol. The Kier molecular flexibility index (Phi) is 2.86. The topological polar surface area (TPSA) is 87.0 Å². The third-order valence-corrected chi connectivity index (χ3v) is 2.63. The van der Waals surface area contributed by atoms with Crippen molar-refractivity contribution in [3.8, 4) is 0 Å². The van der Waals surface area contributed by atoms with Crippen LogP contribution in [0, 0.1) is 0 Å². The molecule has 1 atom stereocenters. The summed E-state index contributed by atoms with van der Waals surface area (Å²) in [5.74, 6) is 0. The number of carbonyl (C=O) groups is 1. The number of hydrogen-bond donors (Lipinski definition) is 3. The van der Waals surface area contributed by atoms with Gasteiger partial charge >= 0.3 is 6.03 Å². The minimum absolute atomic E-state index is 0.161. The Balaban J connectivity index is 2.09. The summed E-state index contributed by atoms with van der Waals surface area (Å²) in [7, 11) is 0. The lowest BCUT2D eigenvalue weighted by Crippen LogP contribution is -2.49. The largest absolute Gasteiger partial charge is 0.351 e. The number of urea groups is 1. The summed E-state index contributed by atoms with van der Waals surface area (Å²) < 4.78 is 0. The molecular formula is C9H15N5O. The molecule has 0 bridgehead atoms. The maximum atomic E-state index is 10.8. The van der Waals surface area contributed by atoms with Crippen molar-refractivity contribution in [1.29, 1.82) is 0 Å². The van der Waals surface area contributed by atoms with Gasteiger partial charge in [0, 0.05) is 12.7 Å². The Morgan fingerprint density at radius 3 is 3.20 bits per heavy atom. The van der Waals surface area contributed by atoms with E-state index in [1.807, 2.05) is 5.01 Å². The number of nitrogens with two attached hydrogens (primary N) is 1. The quantitative estimate of drug-likeness (QED) is 0.663. The first-order valence-electron chi connectivity index (χ1n) is 5.08. The van der Waals surface area contributed by atoms with Gasteiger partial charge in [-0.3, -0.25) is 5.43 Å². The number of aromatic amines is 1. The predicted molar refractivity (Wildman–Crippen MR) is 54.6 cm³/mol. The number of amides is 2. The zero-order chi connectivity index (χ0) is 10.7. The maximum Gasteiger partial charge on any atom is 0.326 e. The van der Waals surface area contributed by atoms with Crippen LogP contribution in [0.4, 0.5) is 4.79 Å². The number of rotatable bonds is 2. The second-order valence-electron chi connectivity index (χ2n) is 3.69. The van der Waals surface area contributed by atoms with Gasteiger partial charge in [0.1, 0.15) is 0 Å².